The summed E-state index contributed by atoms with van der Waals surface area (Å²) in [4.78, 5) is 2.87. The molecule has 0 aromatic rings. The second kappa shape index (κ2) is 5.96. The molecule has 3 aliphatic rings. The summed E-state index contributed by atoms with van der Waals surface area (Å²) in [5.41, 5.74) is 0.480. The molecule has 2 unspecified atom stereocenters. The molecule has 0 aromatic heterocycles. The molecule has 0 spiro atoms. The number of nitrogens with zero attached hydrogens (tertiary/aromatic N) is 1. The van der Waals surface area contributed by atoms with Crippen LogP contribution < -0.4 is 5.32 Å². The molecule has 3 fully saturated rings. The fraction of sp³-hybridized carbons (Fsp3) is 1.00. The summed E-state index contributed by atoms with van der Waals surface area (Å²) < 4.78 is 0. The van der Waals surface area contributed by atoms with Crippen molar-refractivity contribution in [2.24, 2.45) is 17.3 Å². The quantitative estimate of drug-likeness (QED) is 0.764. The molecule has 0 aliphatic heterocycles. The number of rotatable bonds is 7. The van der Waals surface area contributed by atoms with Gasteiger partial charge in [0.05, 0.1) is 0 Å². The van der Waals surface area contributed by atoms with Crippen LogP contribution in [0.15, 0.2) is 0 Å². The van der Waals surface area contributed by atoms with E-state index in [0.29, 0.717) is 5.41 Å². The summed E-state index contributed by atoms with van der Waals surface area (Å²) in [6, 6.07) is 1.67. The first kappa shape index (κ1) is 14.8. The minimum Gasteiger partial charge on any atom is -0.313 e. The van der Waals surface area contributed by atoms with Crippen molar-refractivity contribution in [3.8, 4) is 0 Å². The molecule has 2 nitrogen and oxygen atoms in total. The Kier molecular flexibility index (Phi) is 4.42. The van der Waals surface area contributed by atoms with Crippen molar-refractivity contribution in [2.45, 2.75) is 77.8 Å². The molecule has 1 N–H and O–H groups in total. The molecule has 0 bridgehead atoms. The fourth-order valence-corrected chi connectivity index (χ4v) is 4.39. The lowest BCUT2D eigenvalue weighted by atomic mass is 9.67. The lowest BCUT2D eigenvalue weighted by Crippen LogP contribution is -2.53. The summed E-state index contributed by atoms with van der Waals surface area (Å²) in [6.45, 7) is 11.1. The highest BCUT2D eigenvalue weighted by Crippen LogP contribution is 2.41. The van der Waals surface area contributed by atoms with E-state index in [1.165, 1.54) is 58.0 Å². The Bertz CT molecular complexity index is 317. The van der Waals surface area contributed by atoms with Crippen molar-refractivity contribution in [3.63, 3.8) is 0 Å². The summed E-state index contributed by atoms with van der Waals surface area (Å²) in [6.07, 6.45) is 10.2. The average Bonchev–Trinajstić information content (AvgIpc) is 3.25. The van der Waals surface area contributed by atoms with Crippen molar-refractivity contribution in [2.75, 3.05) is 19.6 Å². The molecule has 20 heavy (non-hydrogen) atoms. The van der Waals surface area contributed by atoms with Gasteiger partial charge >= 0.3 is 0 Å². The van der Waals surface area contributed by atoms with Crippen LogP contribution in [0.5, 0.6) is 0 Å². The minimum absolute atomic E-state index is 0.480. The van der Waals surface area contributed by atoms with Crippen molar-refractivity contribution in [1.29, 1.82) is 0 Å². The zero-order chi connectivity index (χ0) is 14.2. The molecule has 3 rings (SSSR count). The minimum atomic E-state index is 0.480. The molecule has 0 aromatic carbocycles. The van der Waals surface area contributed by atoms with Gasteiger partial charge in [0.25, 0.3) is 0 Å². The van der Waals surface area contributed by atoms with Gasteiger partial charge in [-0.25, -0.2) is 0 Å². The van der Waals surface area contributed by atoms with Crippen LogP contribution in [0.3, 0.4) is 0 Å². The Labute approximate surface area is 125 Å². The standard InChI is InChI=1S/C18H34N2/c1-4-19-17-15(6-5-11-18(17,2)3)13-20(16-9-10-16)12-14-7-8-14/h14-17,19H,4-13H2,1-3H3. The normalized spacial score (nSPS) is 33.6. The molecule has 0 radical (unpaired) electrons. The van der Waals surface area contributed by atoms with Gasteiger partial charge in [-0.2, -0.15) is 0 Å². The Hall–Kier alpha value is -0.0800. The van der Waals surface area contributed by atoms with Gasteiger partial charge in [0, 0.05) is 25.2 Å². The fourth-order valence-electron chi connectivity index (χ4n) is 4.39. The highest BCUT2D eigenvalue weighted by Gasteiger charge is 2.41. The maximum atomic E-state index is 3.83. The number of hydrogen-bond acceptors (Lipinski definition) is 2. The van der Waals surface area contributed by atoms with Crippen molar-refractivity contribution < 1.29 is 0 Å². The second-order valence-electron chi connectivity index (χ2n) is 8.30. The lowest BCUT2D eigenvalue weighted by Gasteiger charge is -2.46. The zero-order valence-electron chi connectivity index (χ0n) is 13.8. The maximum absolute atomic E-state index is 3.83. The van der Waals surface area contributed by atoms with Crippen molar-refractivity contribution >= 4 is 0 Å². The SMILES string of the molecule is CCNC1C(CN(CC2CC2)C2CC2)CCCC1(C)C. The van der Waals surface area contributed by atoms with Crippen LogP contribution in [-0.4, -0.2) is 36.6 Å². The van der Waals surface area contributed by atoms with E-state index in [1.54, 1.807) is 0 Å². The third-order valence-electron chi connectivity index (χ3n) is 5.86. The predicted octanol–water partition coefficient (Wildman–Crippen LogP) is 3.67. The van der Waals surface area contributed by atoms with E-state index >= 15 is 0 Å². The van der Waals surface area contributed by atoms with Crippen LogP contribution in [-0.2, 0) is 0 Å². The number of hydrogen-bond donors (Lipinski definition) is 1. The molecular formula is C18H34N2. The van der Waals surface area contributed by atoms with Crippen molar-refractivity contribution in [3.05, 3.63) is 0 Å². The van der Waals surface area contributed by atoms with E-state index in [0.717, 1.165) is 30.5 Å². The van der Waals surface area contributed by atoms with E-state index < -0.39 is 0 Å². The van der Waals surface area contributed by atoms with Gasteiger partial charge in [-0.1, -0.05) is 27.2 Å². The highest BCUT2D eigenvalue weighted by atomic mass is 15.2. The number of nitrogens with one attached hydrogen (secondary N) is 1. The molecule has 2 atom stereocenters. The van der Waals surface area contributed by atoms with Crippen LogP contribution in [0.2, 0.25) is 0 Å². The molecule has 3 aliphatic carbocycles. The average molecular weight is 278 g/mol. The highest BCUT2D eigenvalue weighted by molar-refractivity contribution is 4.97. The summed E-state index contributed by atoms with van der Waals surface area (Å²) in [5.74, 6) is 1.92. The van der Waals surface area contributed by atoms with Gasteiger partial charge in [-0.05, 0) is 62.3 Å². The molecule has 0 saturated heterocycles. The van der Waals surface area contributed by atoms with E-state index in [2.05, 4.69) is 31.0 Å². The Morgan fingerprint density at radius 3 is 2.40 bits per heavy atom. The monoisotopic (exact) mass is 278 g/mol. The summed E-state index contributed by atoms with van der Waals surface area (Å²) >= 11 is 0. The van der Waals surface area contributed by atoms with Crippen LogP contribution >= 0.6 is 0 Å². The van der Waals surface area contributed by atoms with E-state index in [1.807, 2.05) is 0 Å². The third-order valence-corrected chi connectivity index (χ3v) is 5.86. The Balaban J connectivity index is 1.62. The smallest absolute Gasteiger partial charge is 0.0159 e. The van der Waals surface area contributed by atoms with E-state index in [4.69, 9.17) is 0 Å². The first-order chi connectivity index (χ1) is 9.60. The van der Waals surface area contributed by atoms with Crippen LogP contribution in [0.1, 0.15) is 65.7 Å². The predicted molar refractivity (Wildman–Crippen MR) is 85.9 cm³/mol. The van der Waals surface area contributed by atoms with Crippen LogP contribution in [0.4, 0.5) is 0 Å². The first-order valence-corrected chi connectivity index (χ1v) is 9.07. The first-order valence-electron chi connectivity index (χ1n) is 9.07. The molecule has 116 valence electrons. The Morgan fingerprint density at radius 1 is 1.05 bits per heavy atom. The van der Waals surface area contributed by atoms with Gasteiger partial charge in [0.15, 0.2) is 0 Å². The van der Waals surface area contributed by atoms with Gasteiger partial charge < -0.3 is 5.32 Å². The molecule has 0 heterocycles. The van der Waals surface area contributed by atoms with E-state index in [-0.39, 0.29) is 0 Å². The summed E-state index contributed by atoms with van der Waals surface area (Å²) in [5, 5.41) is 3.83. The lowest BCUT2D eigenvalue weighted by molar-refractivity contribution is 0.0757. The topological polar surface area (TPSA) is 15.3 Å². The van der Waals surface area contributed by atoms with Gasteiger partial charge in [0.2, 0.25) is 0 Å². The van der Waals surface area contributed by atoms with Crippen LogP contribution in [0, 0.1) is 17.3 Å². The van der Waals surface area contributed by atoms with E-state index in [9.17, 15) is 0 Å². The largest absolute Gasteiger partial charge is 0.313 e. The molecule has 3 saturated carbocycles. The van der Waals surface area contributed by atoms with Crippen molar-refractivity contribution in [1.82, 2.24) is 10.2 Å². The van der Waals surface area contributed by atoms with Gasteiger partial charge in [-0.15, -0.1) is 0 Å². The third kappa shape index (κ3) is 3.57. The van der Waals surface area contributed by atoms with Gasteiger partial charge in [-0.3, -0.25) is 4.90 Å². The maximum Gasteiger partial charge on any atom is 0.0159 e. The second-order valence-corrected chi connectivity index (χ2v) is 8.30. The van der Waals surface area contributed by atoms with Gasteiger partial charge in [0.1, 0.15) is 0 Å². The molecular weight excluding hydrogens is 244 g/mol. The molecule has 2 heteroatoms. The van der Waals surface area contributed by atoms with Crippen LogP contribution in [0.25, 0.3) is 0 Å². The Morgan fingerprint density at radius 2 is 1.80 bits per heavy atom. The molecule has 0 amide bonds. The summed E-state index contributed by atoms with van der Waals surface area (Å²) in [7, 11) is 0. The zero-order valence-corrected chi connectivity index (χ0v) is 13.8.